The summed E-state index contributed by atoms with van der Waals surface area (Å²) in [6.07, 6.45) is 4.25. The molecule has 1 amide bonds. The van der Waals surface area contributed by atoms with Crippen LogP contribution in [0.25, 0.3) is 0 Å². The molecule has 160 valence electrons. The number of aliphatic hydroxyl groups is 1. The number of carbonyl (C=O) groups is 3. The lowest BCUT2D eigenvalue weighted by Gasteiger charge is -2.34. The number of β-lactam (4-membered cyclic amide) rings is 1. The van der Waals surface area contributed by atoms with Gasteiger partial charge in [-0.25, -0.2) is 14.2 Å². The van der Waals surface area contributed by atoms with Gasteiger partial charge in [0.1, 0.15) is 18.9 Å². The molecule has 0 saturated carbocycles. The van der Waals surface area contributed by atoms with Crippen molar-refractivity contribution in [1.82, 2.24) is 4.90 Å². The van der Waals surface area contributed by atoms with Gasteiger partial charge in [0, 0.05) is 17.7 Å². The van der Waals surface area contributed by atoms with Gasteiger partial charge in [-0.1, -0.05) is 30.0 Å². The topological polar surface area (TPSA) is 97.0 Å². The number of aliphatic hydroxyl groups excluding tert-OH is 1. The molecule has 0 spiro atoms. The molecule has 1 fully saturated rings. The average Bonchev–Trinajstić information content (AvgIpc) is 3.09. The van der Waals surface area contributed by atoms with Crippen LogP contribution < -0.4 is 4.57 Å². The van der Waals surface area contributed by atoms with Crippen LogP contribution in [0.15, 0.2) is 65.5 Å². The van der Waals surface area contributed by atoms with Gasteiger partial charge in [-0.2, -0.15) is 0 Å². The molecule has 2 aromatic rings. The zero-order valence-electron chi connectivity index (χ0n) is 16.6. The molecule has 0 unspecified atom stereocenters. The summed E-state index contributed by atoms with van der Waals surface area (Å²) in [7, 11) is 0. The first-order valence-electron chi connectivity index (χ1n) is 9.77. The Bertz CT molecular complexity index is 1020. The van der Waals surface area contributed by atoms with Gasteiger partial charge in [0.05, 0.1) is 28.9 Å². The molecule has 0 aliphatic carbocycles. The Morgan fingerprint density at radius 1 is 1.10 bits per heavy atom. The Balaban J connectivity index is 1.40. The number of pyridine rings is 1. The van der Waals surface area contributed by atoms with Crippen LogP contribution in [-0.2, 0) is 25.6 Å². The molecule has 3 heterocycles. The van der Waals surface area contributed by atoms with Crippen LogP contribution in [0, 0.1) is 0 Å². The van der Waals surface area contributed by atoms with Crippen molar-refractivity contribution in [3.63, 3.8) is 0 Å². The fourth-order valence-electron chi connectivity index (χ4n) is 3.34. The molecule has 2 aliphatic rings. The smallest absolute Gasteiger partial charge is 0.356 e. The second-order valence-corrected chi connectivity index (χ2v) is 8.27. The molecule has 1 saturated heterocycles. The van der Waals surface area contributed by atoms with Crippen molar-refractivity contribution in [2.45, 2.75) is 18.3 Å². The van der Waals surface area contributed by atoms with E-state index in [0.717, 1.165) is 5.56 Å². The van der Waals surface area contributed by atoms with E-state index in [1.807, 2.05) is 47.3 Å². The molecular formula is C22H21N2O6S+. The fraction of sp³-hybridized carbons (Fsp3) is 0.273. The van der Waals surface area contributed by atoms with E-state index in [9.17, 15) is 14.4 Å². The van der Waals surface area contributed by atoms with Crippen LogP contribution in [0.5, 0.6) is 0 Å². The minimum absolute atomic E-state index is 0.0998. The summed E-state index contributed by atoms with van der Waals surface area (Å²) in [4.78, 5) is 38.5. The molecule has 1 aromatic carbocycles. The summed E-state index contributed by atoms with van der Waals surface area (Å²) < 4.78 is 12.4. The lowest BCUT2D eigenvalue weighted by molar-refractivity contribution is -0.688. The highest BCUT2D eigenvalue weighted by atomic mass is 32.2. The third-order valence-electron chi connectivity index (χ3n) is 4.87. The highest BCUT2D eigenvalue weighted by Crippen LogP contribution is 2.46. The summed E-state index contributed by atoms with van der Waals surface area (Å²) in [5.74, 6) is -1.40. The maximum absolute atomic E-state index is 12.5. The summed E-state index contributed by atoms with van der Waals surface area (Å²) in [6, 6.07) is 13.0. The number of hydrogen-bond donors (Lipinski definition) is 1. The second-order valence-electron chi connectivity index (χ2n) is 6.99. The van der Waals surface area contributed by atoms with Gasteiger partial charge in [-0.05, 0) is 12.1 Å². The van der Waals surface area contributed by atoms with E-state index in [4.69, 9.17) is 14.6 Å². The maximum atomic E-state index is 12.5. The van der Waals surface area contributed by atoms with Crippen molar-refractivity contribution >= 4 is 29.6 Å². The Hall–Kier alpha value is -3.17. The quantitative estimate of drug-likeness (QED) is 0.374. The van der Waals surface area contributed by atoms with Gasteiger partial charge in [-0.15, -0.1) is 0 Å². The zero-order chi connectivity index (χ0) is 21.8. The third kappa shape index (κ3) is 4.62. The molecule has 8 nitrogen and oxygen atoms in total. The minimum atomic E-state index is -0.703. The monoisotopic (exact) mass is 441 g/mol. The van der Waals surface area contributed by atoms with Gasteiger partial charge in [0.25, 0.3) is 0 Å². The number of hydrogen-bond acceptors (Lipinski definition) is 7. The summed E-state index contributed by atoms with van der Waals surface area (Å²) in [6.45, 7) is 0.0756. The average molecular weight is 441 g/mol. The van der Waals surface area contributed by atoms with Crippen molar-refractivity contribution in [3.05, 3.63) is 76.6 Å². The summed E-state index contributed by atoms with van der Waals surface area (Å²) in [5, 5.41) is 8.69. The molecule has 1 atom stereocenters. The summed E-state index contributed by atoms with van der Waals surface area (Å²) >= 11 is 1.32. The van der Waals surface area contributed by atoms with Crippen molar-refractivity contribution < 1.29 is 33.5 Å². The first kappa shape index (κ1) is 21.1. The zero-order valence-corrected chi connectivity index (χ0v) is 17.4. The van der Waals surface area contributed by atoms with Crippen LogP contribution in [0.2, 0.25) is 0 Å². The molecule has 0 radical (unpaired) electrons. The standard InChI is InChI=1S/C22H21N2O6S/c25-10-11-29-22(28)20-17(31-19-12-18(26)24(19)20)14-30-21(27)16-6-4-15(5-7-16)13-23-8-2-1-3-9-23/h1-9,19,25H,10-14H2/q+1/t19-/m1/s1. The lowest BCUT2D eigenvalue weighted by Crippen LogP contribution is -2.48. The van der Waals surface area contributed by atoms with Crippen LogP contribution in [0.4, 0.5) is 0 Å². The number of benzene rings is 1. The van der Waals surface area contributed by atoms with Crippen LogP contribution in [-0.4, -0.2) is 53.0 Å². The number of aromatic nitrogens is 1. The largest absolute Gasteiger partial charge is 0.459 e. The second kappa shape index (κ2) is 9.32. The van der Waals surface area contributed by atoms with E-state index in [1.54, 1.807) is 12.1 Å². The van der Waals surface area contributed by atoms with E-state index in [0.29, 0.717) is 23.4 Å². The number of amides is 1. The predicted molar refractivity (Wildman–Crippen MR) is 110 cm³/mol. The van der Waals surface area contributed by atoms with Crippen molar-refractivity contribution in [2.24, 2.45) is 0 Å². The first-order chi connectivity index (χ1) is 15.1. The third-order valence-corrected chi connectivity index (χ3v) is 6.12. The number of thioether (sulfide) groups is 1. The highest BCUT2D eigenvalue weighted by Gasteiger charge is 2.49. The Labute approximate surface area is 183 Å². The highest BCUT2D eigenvalue weighted by molar-refractivity contribution is 8.04. The van der Waals surface area contributed by atoms with E-state index >= 15 is 0 Å². The van der Waals surface area contributed by atoms with E-state index < -0.39 is 11.9 Å². The fourth-order valence-corrected chi connectivity index (χ4v) is 4.64. The maximum Gasteiger partial charge on any atom is 0.356 e. The number of ether oxygens (including phenoxy) is 2. The Kier molecular flexibility index (Phi) is 6.34. The van der Waals surface area contributed by atoms with Crippen LogP contribution in [0.1, 0.15) is 22.3 Å². The molecular weight excluding hydrogens is 420 g/mol. The normalized spacial score (nSPS) is 17.3. The minimum Gasteiger partial charge on any atom is -0.459 e. The van der Waals surface area contributed by atoms with Crippen LogP contribution in [0.3, 0.4) is 0 Å². The van der Waals surface area contributed by atoms with Gasteiger partial charge in [0.15, 0.2) is 18.9 Å². The number of nitrogens with zero attached hydrogens (tertiary/aromatic N) is 2. The number of carbonyl (C=O) groups excluding carboxylic acids is 3. The molecule has 31 heavy (non-hydrogen) atoms. The van der Waals surface area contributed by atoms with Gasteiger partial charge in [-0.3, -0.25) is 9.69 Å². The SMILES string of the molecule is O=C(OCCO)C1=C(COC(=O)c2ccc(C[n+]3ccccc3)cc2)S[C@@H]2CC(=O)N12. The van der Waals surface area contributed by atoms with Crippen LogP contribution >= 0.6 is 11.8 Å². The molecule has 0 bridgehead atoms. The van der Waals surface area contributed by atoms with E-state index in [2.05, 4.69) is 0 Å². The predicted octanol–water partition coefficient (Wildman–Crippen LogP) is 1.23. The summed E-state index contributed by atoms with van der Waals surface area (Å²) in [5.41, 5.74) is 1.54. The van der Waals surface area contributed by atoms with Gasteiger partial charge >= 0.3 is 11.9 Å². The van der Waals surface area contributed by atoms with E-state index in [-0.39, 0.29) is 36.8 Å². The Morgan fingerprint density at radius 3 is 2.52 bits per heavy atom. The van der Waals surface area contributed by atoms with E-state index in [1.165, 1.54) is 16.7 Å². The molecule has 1 aromatic heterocycles. The van der Waals surface area contributed by atoms with Crippen molar-refractivity contribution in [3.8, 4) is 0 Å². The first-order valence-corrected chi connectivity index (χ1v) is 10.6. The molecule has 9 heteroatoms. The lowest BCUT2D eigenvalue weighted by atomic mass is 10.1. The van der Waals surface area contributed by atoms with Gasteiger partial charge in [0.2, 0.25) is 5.91 Å². The number of fused-ring (bicyclic) bond motifs is 1. The Morgan fingerprint density at radius 2 is 1.84 bits per heavy atom. The van der Waals surface area contributed by atoms with Crippen molar-refractivity contribution in [1.29, 1.82) is 0 Å². The molecule has 4 rings (SSSR count). The number of rotatable bonds is 8. The number of esters is 2. The molecule has 1 N–H and O–H groups in total. The van der Waals surface area contributed by atoms with Crippen molar-refractivity contribution in [2.75, 3.05) is 19.8 Å². The molecule has 2 aliphatic heterocycles. The van der Waals surface area contributed by atoms with Gasteiger partial charge < -0.3 is 14.6 Å².